The van der Waals surface area contributed by atoms with E-state index in [4.69, 9.17) is 5.73 Å². The van der Waals surface area contributed by atoms with Crippen molar-refractivity contribution < 1.29 is 21.6 Å². The molecule has 0 amide bonds. The van der Waals surface area contributed by atoms with Crippen molar-refractivity contribution >= 4 is 15.7 Å². The number of unbranched alkanes of at least 4 members (excludes halogenated alkanes) is 1. The van der Waals surface area contributed by atoms with Crippen LogP contribution < -0.4 is 5.73 Å². The highest BCUT2D eigenvalue weighted by Gasteiger charge is 2.36. The maximum absolute atomic E-state index is 12.6. The summed E-state index contributed by atoms with van der Waals surface area (Å²) in [6, 6.07) is 6.25. The summed E-state index contributed by atoms with van der Waals surface area (Å²) in [4.78, 5) is 0. The Morgan fingerprint density at radius 2 is 1.86 bits per heavy atom. The molecule has 0 saturated heterocycles. The molecule has 1 aromatic carbocycles. The molecule has 0 aromatic heterocycles. The van der Waals surface area contributed by atoms with Crippen LogP contribution in [0.25, 0.3) is 0 Å². The van der Waals surface area contributed by atoms with Gasteiger partial charge in [0.1, 0.15) is 6.54 Å². The van der Waals surface area contributed by atoms with E-state index in [0.29, 0.717) is 22.7 Å². The van der Waals surface area contributed by atoms with E-state index in [1.807, 2.05) is 0 Å². The number of nitrogen functional groups attached to an aromatic ring is 1. The van der Waals surface area contributed by atoms with Crippen LogP contribution in [0.15, 0.2) is 24.3 Å². The Morgan fingerprint density at radius 1 is 1.24 bits per heavy atom. The Hall–Kier alpha value is -1.28. The first kappa shape index (κ1) is 17.8. The van der Waals surface area contributed by atoms with E-state index in [0.717, 1.165) is 0 Å². The van der Waals surface area contributed by atoms with E-state index in [1.54, 1.807) is 19.1 Å². The van der Waals surface area contributed by atoms with Gasteiger partial charge in [-0.25, -0.2) is 8.42 Å². The molecule has 0 radical (unpaired) electrons. The number of para-hydroxylation sites is 1. The van der Waals surface area contributed by atoms with Crippen LogP contribution in [0.1, 0.15) is 25.3 Å². The highest BCUT2D eigenvalue weighted by atomic mass is 32.2. The third kappa shape index (κ3) is 5.92. The quantitative estimate of drug-likeness (QED) is 0.785. The van der Waals surface area contributed by atoms with Crippen LogP contribution in [-0.2, 0) is 15.8 Å². The maximum atomic E-state index is 12.6. The second kappa shape index (κ2) is 7.13. The van der Waals surface area contributed by atoms with Gasteiger partial charge in [0.25, 0.3) is 0 Å². The third-order valence-corrected chi connectivity index (χ3v) is 4.68. The fourth-order valence-electron chi connectivity index (χ4n) is 1.80. The van der Waals surface area contributed by atoms with E-state index in [-0.39, 0.29) is 12.2 Å². The van der Waals surface area contributed by atoms with Gasteiger partial charge in [-0.05, 0) is 18.1 Å². The molecule has 0 aliphatic heterocycles. The number of hydrogen-bond donors (Lipinski definition) is 1. The van der Waals surface area contributed by atoms with Crippen molar-refractivity contribution in [2.24, 2.45) is 0 Å². The van der Waals surface area contributed by atoms with Crippen LogP contribution in [0.2, 0.25) is 0 Å². The molecule has 21 heavy (non-hydrogen) atoms. The highest BCUT2D eigenvalue weighted by Crippen LogP contribution is 2.22. The molecule has 120 valence electrons. The van der Waals surface area contributed by atoms with Crippen molar-refractivity contribution in [2.75, 3.05) is 18.8 Å². The number of benzene rings is 1. The van der Waals surface area contributed by atoms with Gasteiger partial charge in [-0.2, -0.15) is 17.5 Å². The Kier molecular flexibility index (Phi) is 6.03. The topological polar surface area (TPSA) is 63.4 Å². The third-order valence-electron chi connectivity index (χ3n) is 2.90. The number of nitrogens with two attached hydrogens (primary N) is 1. The zero-order chi connectivity index (χ0) is 16.1. The lowest BCUT2D eigenvalue weighted by Gasteiger charge is -2.23. The number of alkyl halides is 3. The number of sulfonamides is 1. The van der Waals surface area contributed by atoms with E-state index < -0.39 is 28.5 Å². The van der Waals surface area contributed by atoms with Gasteiger partial charge in [-0.1, -0.05) is 31.5 Å². The molecule has 0 unspecified atom stereocenters. The number of nitrogens with zero attached hydrogens (tertiary/aromatic N) is 1. The highest BCUT2D eigenvalue weighted by molar-refractivity contribution is 7.88. The van der Waals surface area contributed by atoms with Gasteiger partial charge in [-0.15, -0.1) is 0 Å². The molecule has 0 aliphatic rings. The largest absolute Gasteiger partial charge is 0.402 e. The van der Waals surface area contributed by atoms with Crippen LogP contribution in [0.5, 0.6) is 0 Å². The van der Waals surface area contributed by atoms with Crippen molar-refractivity contribution in [1.82, 2.24) is 4.31 Å². The summed E-state index contributed by atoms with van der Waals surface area (Å²) >= 11 is 0. The van der Waals surface area contributed by atoms with Gasteiger partial charge in [0, 0.05) is 12.2 Å². The summed E-state index contributed by atoms with van der Waals surface area (Å²) in [6.07, 6.45) is -3.58. The van der Waals surface area contributed by atoms with Gasteiger partial charge >= 0.3 is 6.18 Å². The summed E-state index contributed by atoms with van der Waals surface area (Å²) in [5.74, 6) is -0.528. The molecule has 8 heteroatoms. The van der Waals surface area contributed by atoms with Gasteiger partial charge in [0.05, 0.1) is 5.75 Å². The maximum Gasteiger partial charge on any atom is 0.402 e. The number of rotatable bonds is 7. The molecule has 0 fully saturated rings. The Balaban J connectivity index is 2.95. The Morgan fingerprint density at radius 3 is 2.38 bits per heavy atom. The van der Waals surface area contributed by atoms with E-state index in [1.165, 1.54) is 12.1 Å². The lowest BCUT2D eigenvalue weighted by Crippen LogP contribution is -2.40. The second-order valence-corrected chi connectivity index (χ2v) is 6.73. The smallest absolute Gasteiger partial charge is 0.398 e. The summed E-state index contributed by atoms with van der Waals surface area (Å²) in [5, 5.41) is 0. The minimum absolute atomic E-state index is 0.148. The summed E-state index contributed by atoms with van der Waals surface area (Å²) in [5.41, 5.74) is 6.21. The number of hydrogen-bond acceptors (Lipinski definition) is 3. The lowest BCUT2D eigenvalue weighted by atomic mass is 10.2. The first-order chi connectivity index (χ1) is 9.65. The average Bonchev–Trinajstić information content (AvgIpc) is 2.35. The predicted molar refractivity (Wildman–Crippen MR) is 76.0 cm³/mol. The average molecular weight is 324 g/mol. The van der Waals surface area contributed by atoms with Crippen molar-refractivity contribution in [3.8, 4) is 0 Å². The molecular weight excluding hydrogens is 305 g/mol. The minimum Gasteiger partial charge on any atom is -0.398 e. The standard InChI is InChI=1S/C13H19F3N2O2S/c1-2-3-8-18(10-13(14,15)16)21(19,20)9-11-6-4-5-7-12(11)17/h4-7H,2-3,8-10,17H2,1H3. The zero-order valence-corrected chi connectivity index (χ0v) is 12.5. The summed E-state index contributed by atoms with van der Waals surface area (Å²) < 4.78 is 62.6. The summed E-state index contributed by atoms with van der Waals surface area (Å²) in [7, 11) is -4.07. The molecule has 0 spiro atoms. The van der Waals surface area contributed by atoms with E-state index >= 15 is 0 Å². The fourth-order valence-corrected chi connectivity index (χ4v) is 3.39. The number of anilines is 1. The predicted octanol–water partition coefficient (Wildman–Crippen LogP) is 2.76. The Bertz CT molecular complexity index is 559. The van der Waals surface area contributed by atoms with Crippen molar-refractivity contribution in [3.05, 3.63) is 29.8 Å². The van der Waals surface area contributed by atoms with Gasteiger partial charge in [-0.3, -0.25) is 0 Å². The SMILES string of the molecule is CCCCN(CC(F)(F)F)S(=O)(=O)Cc1ccccc1N. The lowest BCUT2D eigenvalue weighted by molar-refractivity contribution is -0.136. The molecule has 4 nitrogen and oxygen atoms in total. The van der Waals surface area contributed by atoms with Crippen molar-refractivity contribution in [2.45, 2.75) is 31.7 Å². The van der Waals surface area contributed by atoms with Crippen LogP contribution in [0.3, 0.4) is 0 Å². The van der Waals surface area contributed by atoms with Crippen LogP contribution >= 0.6 is 0 Å². The Labute approximate surface area is 122 Å². The molecule has 0 atom stereocenters. The minimum atomic E-state index is -4.57. The van der Waals surface area contributed by atoms with Crippen LogP contribution in [-0.4, -0.2) is 32.0 Å². The molecule has 1 aromatic rings. The van der Waals surface area contributed by atoms with Gasteiger partial charge < -0.3 is 5.73 Å². The van der Waals surface area contributed by atoms with Crippen molar-refractivity contribution in [1.29, 1.82) is 0 Å². The monoisotopic (exact) mass is 324 g/mol. The fraction of sp³-hybridized carbons (Fsp3) is 0.538. The van der Waals surface area contributed by atoms with Gasteiger partial charge in [0.2, 0.25) is 10.0 Å². The van der Waals surface area contributed by atoms with Gasteiger partial charge in [0.15, 0.2) is 0 Å². The van der Waals surface area contributed by atoms with Crippen molar-refractivity contribution in [3.63, 3.8) is 0 Å². The molecule has 0 saturated carbocycles. The number of halogens is 3. The first-order valence-corrected chi connectivity index (χ1v) is 8.14. The second-order valence-electron chi connectivity index (χ2n) is 4.76. The molecule has 2 N–H and O–H groups in total. The molecule has 1 rings (SSSR count). The molecule has 0 bridgehead atoms. The first-order valence-electron chi connectivity index (χ1n) is 6.53. The van der Waals surface area contributed by atoms with Crippen LogP contribution in [0, 0.1) is 0 Å². The normalized spacial score (nSPS) is 12.8. The van der Waals surface area contributed by atoms with E-state index in [2.05, 4.69) is 0 Å². The van der Waals surface area contributed by atoms with Crippen LogP contribution in [0.4, 0.5) is 18.9 Å². The zero-order valence-electron chi connectivity index (χ0n) is 11.7. The summed E-state index contributed by atoms with van der Waals surface area (Å²) in [6.45, 7) is 0.167. The van der Waals surface area contributed by atoms with E-state index in [9.17, 15) is 21.6 Å². The molecule has 0 heterocycles. The molecule has 0 aliphatic carbocycles. The molecular formula is C13H19F3N2O2S.